The van der Waals surface area contributed by atoms with E-state index < -0.39 is 10.8 Å². The van der Waals surface area contributed by atoms with Crippen molar-refractivity contribution < 1.29 is 14.8 Å². The number of nitrogens with two attached hydrogens (primary N) is 1. The van der Waals surface area contributed by atoms with Gasteiger partial charge in [0.1, 0.15) is 0 Å². The van der Waals surface area contributed by atoms with Crippen LogP contribution in [0.15, 0.2) is 12.1 Å². The van der Waals surface area contributed by atoms with Crippen LogP contribution in [-0.2, 0) is 0 Å². The summed E-state index contributed by atoms with van der Waals surface area (Å²) in [5.41, 5.74) is 5.45. The number of nitrogen functional groups attached to an aromatic ring is 1. The number of rotatable bonds is 7. The smallest absolute Gasteiger partial charge is 0.271 e. The molecule has 116 valence electrons. The first kappa shape index (κ1) is 17.2. The number of aliphatic hydroxyl groups is 1. The fraction of sp³-hybridized carbons (Fsp3) is 0.462. The Hall–Kier alpha value is -1.86. The zero-order valence-electron chi connectivity index (χ0n) is 11.7. The van der Waals surface area contributed by atoms with Crippen LogP contribution in [0.5, 0.6) is 0 Å². The lowest BCUT2D eigenvalue weighted by atomic mass is 10.1. The number of unbranched alkanes of at least 4 members (excludes halogenated alkanes) is 1. The Kier molecular flexibility index (Phi) is 6.39. The van der Waals surface area contributed by atoms with Crippen molar-refractivity contribution in [3.8, 4) is 0 Å². The van der Waals surface area contributed by atoms with Gasteiger partial charge in [-0.3, -0.25) is 14.9 Å². The molecule has 0 fully saturated rings. The summed E-state index contributed by atoms with van der Waals surface area (Å²) >= 11 is 5.84. The Morgan fingerprint density at radius 2 is 2.14 bits per heavy atom. The summed E-state index contributed by atoms with van der Waals surface area (Å²) in [5.74, 6) is -0.472. The minimum atomic E-state index is -0.634. The van der Waals surface area contributed by atoms with Crippen LogP contribution in [0, 0.1) is 10.1 Å². The fourth-order valence-corrected chi connectivity index (χ4v) is 2.05. The summed E-state index contributed by atoms with van der Waals surface area (Å²) in [4.78, 5) is 24.1. The molecule has 0 saturated heterocycles. The molecule has 0 radical (unpaired) electrons. The van der Waals surface area contributed by atoms with Gasteiger partial charge in [-0.15, -0.1) is 0 Å². The van der Waals surface area contributed by atoms with Crippen LogP contribution >= 0.6 is 11.6 Å². The van der Waals surface area contributed by atoms with E-state index in [1.807, 2.05) is 6.92 Å². The summed E-state index contributed by atoms with van der Waals surface area (Å²) in [6.45, 7) is 2.35. The van der Waals surface area contributed by atoms with Crippen LogP contribution in [0.25, 0.3) is 0 Å². The van der Waals surface area contributed by atoms with Crippen molar-refractivity contribution in [3.05, 3.63) is 32.8 Å². The number of carbonyl (C=O) groups excluding carboxylic acids is 1. The molecule has 0 aliphatic carbocycles. The molecule has 0 spiro atoms. The van der Waals surface area contributed by atoms with Gasteiger partial charge in [0.2, 0.25) is 0 Å². The molecule has 1 aromatic rings. The monoisotopic (exact) mass is 315 g/mol. The molecule has 7 nitrogen and oxygen atoms in total. The molecule has 1 aromatic carbocycles. The van der Waals surface area contributed by atoms with E-state index in [1.165, 1.54) is 4.90 Å². The van der Waals surface area contributed by atoms with Crippen molar-refractivity contribution >= 4 is 28.9 Å². The van der Waals surface area contributed by atoms with Crippen molar-refractivity contribution in [2.24, 2.45) is 0 Å². The largest absolute Gasteiger partial charge is 0.397 e. The predicted molar refractivity (Wildman–Crippen MR) is 80.4 cm³/mol. The molecular formula is C13H18ClN3O4. The van der Waals surface area contributed by atoms with E-state index in [2.05, 4.69) is 0 Å². The second-order valence-electron chi connectivity index (χ2n) is 4.52. The van der Waals surface area contributed by atoms with E-state index in [0.29, 0.717) is 6.54 Å². The van der Waals surface area contributed by atoms with E-state index in [-0.39, 0.29) is 35.1 Å². The van der Waals surface area contributed by atoms with E-state index in [0.717, 1.165) is 25.0 Å². The van der Waals surface area contributed by atoms with Crippen molar-refractivity contribution in [3.63, 3.8) is 0 Å². The van der Waals surface area contributed by atoms with Gasteiger partial charge in [0.05, 0.1) is 27.8 Å². The maximum atomic E-state index is 12.4. The molecule has 0 aliphatic rings. The molecule has 1 rings (SSSR count). The van der Waals surface area contributed by atoms with Crippen molar-refractivity contribution in [2.45, 2.75) is 19.8 Å². The first-order chi connectivity index (χ1) is 9.92. The van der Waals surface area contributed by atoms with Crippen LogP contribution in [0.3, 0.4) is 0 Å². The minimum absolute atomic E-state index is 0.00621. The quantitative estimate of drug-likeness (QED) is 0.454. The molecule has 8 heteroatoms. The minimum Gasteiger partial charge on any atom is -0.397 e. The Morgan fingerprint density at radius 1 is 1.48 bits per heavy atom. The summed E-state index contributed by atoms with van der Waals surface area (Å²) in [6, 6.07) is 2.22. The van der Waals surface area contributed by atoms with Crippen LogP contribution in [0.2, 0.25) is 5.02 Å². The number of non-ortho nitro benzene ring substituents is 1. The number of nitro groups is 1. The number of benzene rings is 1. The van der Waals surface area contributed by atoms with Crippen molar-refractivity contribution in [1.82, 2.24) is 4.90 Å². The predicted octanol–water partition coefficient (Wildman–Crippen LogP) is 2.06. The van der Waals surface area contributed by atoms with Gasteiger partial charge in [-0.1, -0.05) is 24.9 Å². The van der Waals surface area contributed by atoms with Crippen LogP contribution in [0.4, 0.5) is 11.4 Å². The molecule has 21 heavy (non-hydrogen) atoms. The number of aliphatic hydroxyl groups excluding tert-OH is 1. The lowest BCUT2D eigenvalue weighted by molar-refractivity contribution is -0.384. The Morgan fingerprint density at radius 3 is 2.67 bits per heavy atom. The molecule has 0 heterocycles. The zero-order chi connectivity index (χ0) is 16.0. The molecule has 0 aliphatic heterocycles. The van der Waals surface area contributed by atoms with E-state index in [9.17, 15) is 14.9 Å². The Balaban J connectivity index is 3.16. The molecule has 0 bridgehead atoms. The average Bonchev–Trinajstić information content (AvgIpc) is 2.45. The van der Waals surface area contributed by atoms with Crippen molar-refractivity contribution in [1.29, 1.82) is 0 Å². The Bertz CT molecular complexity index is 536. The standard InChI is InChI=1S/C13H18ClN3O4/c1-2-3-4-16(5-6-18)13(19)10-7-9(17(20)21)8-11(14)12(10)15/h7-8,18H,2-6,15H2,1H3. The van der Waals surface area contributed by atoms with Crippen molar-refractivity contribution in [2.75, 3.05) is 25.4 Å². The van der Waals surface area contributed by atoms with Crippen LogP contribution in [-0.4, -0.2) is 40.5 Å². The number of hydrogen-bond donors (Lipinski definition) is 2. The molecule has 3 N–H and O–H groups in total. The van der Waals surface area contributed by atoms with E-state index >= 15 is 0 Å². The van der Waals surface area contributed by atoms with Gasteiger partial charge in [-0.25, -0.2) is 0 Å². The average molecular weight is 316 g/mol. The van der Waals surface area contributed by atoms with Gasteiger partial charge in [0, 0.05) is 25.2 Å². The molecule has 0 atom stereocenters. The maximum Gasteiger partial charge on any atom is 0.271 e. The number of amides is 1. The van der Waals surface area contributed by atoms with Gasteiger partial charge >= 0.3 is 0 Å². The number of halogens is 1. The highest BCUT2D eigenvalue weighted by atomic mass is 35.5. The number of carbonyl (C=O) groups is 1. The fourth-order valence-electron chi connectivity index (χ4n) is 1.84. The van der Waals surface area contributed by atoms with E-state index in [4.69, 9.17) is 22.4 Å². The van der Waals surface area contributed by atoms with Gasteiger partial charge < -0.3 is 15.7 Å². The van der Waals surface area contributed by atoms with Gasteiger partial charge in [0.25, 0.3) is 11.6 Å². The second-order valence-corrected chi connectivity index (χ2v) is 4.92. The van der Waals surface area contributed by atoms with Gasteiger partial charge in [-0.05, 0) is 6.42 Å². The summed E-state index contributed by atoms with van der Waals surface area (Å²) < 4.78 is 0. The third kappa shape index (κ3) is 4.30. The topological polar surface area (TPSA) is 110 Å². The lowest BCUT2D eigenvalue weighted by Crippen LogP contribution is -2.35. The summed E-state index contributed by atoms with van der Waals surface area (Å²) in [5, 5.41) is 19.9. The first-order valence-electron chi connectivity index (χ1n) is 6.55. The first-order valence-corrected chi connectivity index (χ1v) is 6.93. The SMILES string of the molecule is CCCCN(CCO)C(=O)c1cc([N+](=O)[O-])cc(Cl)c1N. The number of hydrogen-bond acceptors (Lipinski definition) is 5. The number of nitrogens with zero attached hydrogens (tertiary/aromatic N) is 2. The lowest BCUT2D eigenvalue weighted by Gasteiger charge is -2.22. The third-order valence-corrected chi connectivity index (χ3v) is 3.31. The molecule has 0 unspecified atom stereocenters. The zero-order valence-corrected chi connectivity index (χ0v) is 12.5. The highest BCUT2D eigenvalue weighted by Crippen LogP contribution is 2.29. The van der Waals surface area contributed by atoms with Gasteiger partial charge in [0.15, 0.2) is 0 Å². The molecule has 1 amide bonds. The molecule has 0 aromatic heterocycles. The highest BCUT2D eigenvalue weighted by molar-refractivity contribution is 6.34. The summed E-state index contributed by atoms with van der Waals surface area (Å²) in [6.07, 6.45) is 1.63. The number of nitro benzene ring substituents is 1. The highest BCUT2D eigenvalue weighted by Gasteiger charge is 2.22. The second kappa shape index (κ2) is 7.80. The maximum absolute atomic E-state index is 12.4. The van der Waals surface area contributed by atoms with Gasteiger partial charge in [-0.2, -0.15) is 0 Å². The van der Waals surface area contributed by atoms with Crippen LogP contribution < -0.4 is 5.73 Å². The number of anilines is 1. The molecular weight excluding hydrogens is 298 g/mol. The normalized spacial score (nSPS) is 10.4. The van der Waals surface area contributed by atoms with Crippen LogP contribution in [0.1, 0.15) is 30.1 Å². The Labute approximate surface area is 127 Å². The third-order valence-electron chi connectivity index (χ3n) is 2.99. The van der Waals surface area contributed by atoms with E-state index in [1.54, 1.807) is 0 Å². The summed E-state index contributed by atoms with van der Waals surface area (Å²) in [7, 11) is 0. The molecule has 0 saturated carbocycles.